The van der Waals surface area contributed by atoms with Crippen LogP contribution in [0.4, 0.5) is 0 Å². The number of hydrogen-bond donors (Lipinski definition) is 0. The standard InChI is InChI=1S/C12H10N2S/c1(2-7-12-14-9-10-15-12)5-11-6-3-4-8-13-11/h1-10H/b5-1+,7-2+. The van der Waals surface area contributed by atoms with E-state index in [1.165, 1.54) is 0 Å². The van der Waals surface area contributed by atoms with Crippen LogP contribution < -0.4 is 0 Å². The van der Waals surface area contributed by atoms with Crippen LogP contribution in [0.25, 0.3) is 12.2 Å². The molecule has 0 amide bonds. The molecule has 0 unspecified atom stereocenters. The van der Waals surface area contributed by atoms with Gasteiger partial charge in [0.05, 0.1) is 5.69 Å². The highest BCUT2D eigenvalue weighted by Crippen LogP contribution is 2.06. The van der Waals surface area contributed by atoms with E-state index >= 15 is 0 Å². The van der Waals surface area contributed by atoms with Crippen molar-refractivity contribution in [2.45, 2.75) is 0 Å². The molecule has 3 heteroatoms. The quantitative estimate of drug-likeness (QED) is 0.733. The summed E-state index contributed by atoms with van der Waals surface area (Å²) in [5.74, 6) is 0. The van der Waals surface area contributed by atoms with Crippen molar-refractivity contribution in [2.24, 2.45) is 0 Å². The Morgan fingerprint density at radius 1 is 1.00 bits per heavy atom. The maximum atomic E-state index is 4.18. The number of rotatable bonds is 3. The highest BCUT2D eigenvalue weighted by molar-refractivity contribution is 7.10. The number of nitrogens with zero attached hydrogens (tertiary/aromatic N) is 2. The molecule has 2 aromatic heterocycles. The van der Waals surface area contributed by atoms with Crippen LogP contribution in [0.5, 0.6) is 0 Å². The second kappa shape index (κ2) is 5.22. The van der Waals surface area contributed by atoms with E-state index in [9.17, 15) is 0 Å². The first-order valence-corrected chi connectivity index (χ1v) is 5.48. The number of aromatic nitrogens is 2. The molecule has 0 atom stereocenters. The molecule has 2 heterocycles. The van der Waals surface area contributed by atoms with Gasteiger partial charge in [-0.3, -0.25) is 4.98 Å². The minimum atomic E-state index is 0.960. The molecule has 15 heavy (non-hydrogen) atoms. The van der Waals surface area contributed by atoms with E-state index in [-0.39, 0.29) is 0 Å². The second-order valence-corrected chi connectivity index (χ2v) is 3.77. The molecule has 74 valence electrons. The van der Waals surface area contributed by atoms with Gasteiger partial charge in [0.25, 0.3) is 0 Å². The van der Waals surface area contributed by atoms with Crippen LogP contribution in [-0.4, -0.2) is 9.97 Å². The summed E-state index contributed by atoms with van der Waals surface area (Å²) >= 11 is 1.62. The van der Waals surface area contributed by atoms with Gasteiger partial charge in [-0.15, -0.1) is 11.3 Å². The van der Waals surface area contributed by atoms with Crippen molar-refractivity contribution >= 4 is 23.5 Å². The molecule has 0 fully saturated rings. The van der Waals surface area contributed by atoms with Gasteiger partial charge in [0, 0.05) is 17.8 Å². The summed E-state index contributed by atoms with van der Waals surface area (Å²) in [6.45, 7) is 0. The van der Waals surface area contributed by atoms with Gasteiger partial charge in [-0.05, 0) is 24.3 Å². The Kier molecular flexibility index (Phi) is 3.41. The van der Waals surface area contributed by atoms with Crippen LogP contribution in [0.15, 0.2) is 48.1 Å². The highest BCUT2D eigenvalue weighted by Gasteiger charge is 1.85. The summed E-state index contributed by atoms with van der Waals surface area (Å²) in [7, 11) is 0. The predicted octanol–water partition coefficient (Wildman–Crippen LogP) is 3.26. The van der Waals surface area contributed by atoms with Gasteiger partial charge in [-0.25, -0.2) is 4.98 Å². The largest absolute Gasteiger partial charge is 0.257 e. The molecule has 0 saturated heterocycles. The Morgan fingerprint density at radius 3 is 2.67 bits per heavy atom. The van der Waals surface area contributed by atoms with Crippen LogP contribution in [0, 0.1) is 0 Å². The molecule has 2 aromatic rings. The molecule has 0 bridgehead atoms. The molecular weight excluding hydrogens is 204 g/mol. The average Bonchev–Trinajstić information content (AvgIpc) is 2.79. The van der Waals surface area contributed by atoms with Crippen LogP contribution >= 0.6 is 11.3 Å². The number of thiazole rings is 1. The fraction of sp³-hybridized carbons (Fsp3) is 0. The number of pyridine rings is 1. The second-order valence-electron chi connectivity index (χ2n) is 2.84. The molecule has 2 rings (SSSR count). The Labute approximate surface area is 92.6 Å². The van der Waals surface area contributed by atoms with E-state index in [1.54, 1.807) is 23.7 Å². The van der Waals surface area contributed by atoms with Crippen molar-refractivity contribution in [2.75, 3.05) is 0 Å². The summed E-state index contributed by atoms with van der Waals surface area (Å²) < 4.78 is 0. The predicted molar refractivity (Wildman–Crippen MR) is 64.4 cm³/mol. The van der Waals surface area contributed by atoms with Crippen molar-refractivity contribution in [1.82, 2.24) is 9.97 Å². The van der Waals surface area contributed by atoms with Crippen LogP contribution in [0.3, 0.4) is 0 Å². The van der Waals surface area contributed by atoms with Gasteiger partial charge in [-0.2, -0.15) is 0 Å². The lowest BCUT2D eigenvalue weighted by Gasteiger charge is -1.87. The van der Waals surface area contributed by atoms with E-state index in [4.69, 9.17) is 0 Å². The van der Waals surface area contributed by atoms with E-state index in [2.05, 4.69) is 9.97 Å². The van der Waals surface area contributed by atoms with Gasteiger partial charge in [0.2, 0.25) is 0 Å². The third kappa shape index (κ3) is 3.14. The van der Waals surface area contributed by atoms with Gasteiger partial charge in [0.1, 0.15) is 5.01 Å². The van der Waals surface area contributed by atoms with Crippen LogP contribution in [0.2, 0.25) is 0 Å². The van der Waals surface area contributed by atoms with E-state index in [1.807, 2.05) is 47.9 Å². The number of allylic oxidation sites excluding steroid dienone is 2. The highest BCUT2D eigenvalue weighted by atomic mass is 32.1. The van der Waals surface area contributed by atoms with Gasteiger partial charge in [0.15, 0.2) is 0 Å². The molecule has 0 spiro atoms. The first-order valence-electron chi connectivity index (χ1n) is 4.60. The molecule has 0 saturated carbocycles. The lowest BCUT2D eigenvalue weighted by Crippen LogP contribution is -1.74. The molecule has 0 aliphatic carbocycles. The number of hydrogen-bond acceptors (Lipinski definition) is 3. The first kappa shape index (κ1) is 9.80. The average molecular weight is 214 g/mol. The maximum Gasteiger partial charge on any atom is 0.115 e. The molecule has 2 nitrogen and oxygen atoms in total. The Hall–Kier alpha value is -1.74. The van der Waals surface area contributed by atoms with Crippen molar-refractivity contribution in [3.05, 3.63) is 58.8 Å². The van der Waals surface area contributed by atoms with Crippen LogP contribution in [0.1, 0.15) is 10.7 Å². The lowest BCUT2D eigenvalue weighted by molar-refractivity contribution is 1.30. The summed E-state index contributed by atoms with van der Waals surface area (Å²) in [4.78, 5) is 8.32. The molecule has 0 radical (unpaired) electrons. The zero-order valence-corrected chi connectivity index (χ0v) is 8.89. The zero-order chi connectivity index (χ0) is 10.3. The molecule has 0 aromatic carbocycles. The summed E-state index contributed by atoms with van der Waals surface area (Å²) in [6, 6.07) is 5.84. The molecule has 0 aliphatic heterocycles. The molecule has 0 N–H and O–H groups in total. The molecular formula is C12H10N2S. The van der Waals surface area contributed by atoms with E-state index in [0.717, 1.165) is 10.7 Å². The first-order chi connectivity index (χ1) is 7.45. The zero-order valence-electron chi connectivity index (χ0n) is 8.08. The monoisotopic (exact) mass is 214 g/mol. The Bertz CT molecular complexity index is 444. The smallest absolute Gasteiger partial charge is 0.115 e. The van der Waals surface area contributed by atoms with Gasteiger partial charge >= 0.3 is 0 Å². The Morgan fingerprint density at radius 2 is 1.93 bits per heavy atom. The van der Waals surface area contributed by atoms with Crippen molar-refractivity contribution in [3.8, 4) is 0 Å². The fourth-order valence-electron chi connectivity index (χ4n) is 1.08. The van der Waals surface area contributed by atoms with Crippen molar-refractivity contribution < 1.29 is 0 Å². The normalized spacial score (nSPS) is 11.5. The SMILES string of the molecule is C(/C=C/c1nccs1)=C\c1ccccn1. The summed E-state index contributed by atoms with van der Waals surface area (Å²) in [5, 5.41) is 2.97. The van der Waals surface area contributed by atoms with Gasteiger partial charge < -0.3 is 0 Å². The third-order valence-corrected chi connectivity index (χ3v) is 2.50. The lowest BCUT2D eigenvalue weighted by atomic mass is 10.3. The summed E-state index contributed by atoms with van der Waals surface area (Å²) in [6.07, 6.45) is 11.4. The molecule has 0 aliphatic rings. The van der Waals surface area contributed by atoms with E-state index < -0.39 is 0 Å². The third-order valence-electron chi connectivity index (χ3n) is 1.76. The topological polar surface area (TPSA) is 25.8 Å². The summed E-state index contributed by atoms with van der Waals surface area (Å²) in [5.41, 5.74) is 0.960. The fourth-order valence-corrected chi connectivity index (χ4v) is 1.62. The van der Waals surface area contributed by atoms with Gasteiger partial charge in [-0.1, -0.05) is 18.2 Å². The Balaban J connectivity index is 1.96. The van der Waals surface area contributed by atoms with Crippen molar-refractivity contribution in [3.63, 3.8) is 0 Å². The van der Waals surface area contributed by atoms with E-state index in [0.29, 0.717) is 0 Å². The van der Waals surface area contributed by atoms with Crippen molar-refractivity contribution in [1.29, 1.82) is 0 Å². The minimum absolute atomic E-state index is 0.960. The minimum Gasteiger partial charge on any atom is -0.257 e. The van der Waals surface area contributed by atoms with Crippen LogP contribution in [-0.2, 0) is 0 Å². The maximum absolute atomic E-state index is 4.18.